The van der Waals surface area contributed by atoms with Crippen molar-refractivity contribution in [3.8, 4) is 16.9 Å². The summed E-state index contributed by atoms with van der Waals surface area (Å²) in [5, 5.41) is 30.6. The molecule has 0 spiro atoms. The van der Waals surface area contributed by atoms with Crippen molar-refractivity contribution in [3.63, 3.8) is 0 Å². The zero-order valence-electron chi connectivity index (χ0n) is 22.7. The number of para-hydroxylation sites is 1. The lowest BCUT2D eigenvalue weighted by molar-refractivity contribution is 0.0661. The number of H-pyrrole nitrogens is 1. The van der Waals surface area contributed by atoms with Crippen LogP contribution in [0.3, 0.4) is 0 Å². The molecule has 210 valence electrons. The van der Waals surface area contributed by atoms with Crippen LogP contribution in [0.1, 0.15) is 108 Å². The maximum atomic E-state index is 13.6. The van der Waals surface area contributed by atoms with E-state index in [0.717, 1.165) is 62.4 Å². The Bertz CT molecular complexity index is 1470. The van der Waals surface area contributed by atoms with Crippen LogP contribution in [0.2, 0.25) is 0 Å². The van der Waals surface area contributed by atoms with Gasteiger partial charge in [-0.15, -0.1) is 0 Å². The topological polar surface area (TPSA) is 124 Å². The maximum absolute atomic E-state index is 13.6. The van der Waals surface area contributed by atoms with Gasteiger partial charge in [0.1, 0.15) is 0 Å². The number of benzene rings is 2. The number of hydrogen-bond acceptors (Lipinski definition) is 5. The predicted molar refractivity (Wildman–Crippen MR) is 154 cm³/mol. The van der Waals surface area contributed by atoms with Crippen LogP contribution in [0.25, 0.3) is 22.0 Å². The number of aryl methyl sites for hydroxylation is 1. The molecule has 0 aliphatic heterocycles. The number of furan rings is 1. The summed E-state index contributed by atoms with van der Waals surface area (Å²) in [5.74, 6) is -2.71. The number of aromatic hydroxyl groups is 1. The van der Waals surface area contributed by atoms with Gasteiger partial charge in [0.25, 0.3) is 0 Å². The van der Waals surface area contributed by atoms with E-state index in [0.29, 0.717) is 22.4 Å². The van der Waals surface area contributed by atoms with Gasteiger partial charge in [-0.3, -0.25) is 4.79 Å². The van der Waals surface area contributed by atoms with Crippen LogP contribution in [0, 0.1) is 0 Å². The van der Waals surface area contributed by atoms with Gasteiger partial charge in [-0.1, -0.05) is 81.0 Å². The molecule has 1 aliphatic carbocycles. The molecule has 40 heavy (non-hydrogen) atoms. The number of carboxylic acids is 1. The molecular formula is C33H37NO6. The zero-order valence-corrected chi connectivity index (χ0v) is 22.7. The number of aliphatic hydroxyl groups excluding tert-OH is 1. The van der Waals surface area contributed by atoms with E-state index in [1.165, 1.54) is 24.8 Å². The fourth-order valence-electron chi connectivity index (χ4n) is 6.05. The highest BCUT2D eigenvalue weighted by Crippen LogP contribution is 2.41. The summed E-state index contributed by atoms with van der Waals surface area (Å²) in [4.78, 5) is 28.9. The Labute approximate surface area is 233 Å². The van der Waals surface area contributed by atoms with Crippen molar-refractivity contribution in [2.45, 2.75) is 76.5 Å². The molecule has 0 atom stereocenters. The summed E-state index contributed by atoms with van der Waals surface area (Å²) in [5.41, 5.74) is 3.99. The predicted octanol–water partition coefficient (Wildman–Crippen LogP) is 7.60. The quantitative estimate of drug-likeness (QED) is 0.108. The van der Waals surface area contributed by atoms with Gasteiger partial charge in [0.05, 0.1) is 11.1 Å². The smallest absolute Gasteiger partial charge is 0.372 e. The SMILES string of the molecule is O=C(O)c1oc(C(=O)c2c[nH]c3c(CCCCCCCO)cccc23)c(O)c1-c1ccc(C2CCCCC2)cc1. The third-order valence-corrected chi connectivity index (χ3v) is 8.21. The Hall–Kier alpha value is -3.84. The first kappa shape index (κ1) is 27.7. The van der Waals surface area contributed by atoms with Gasteiger partial charge in [0.2, 0.25) is 17.3 Å². The van der Waals surface area contributed by atoms with Crippen LogP contribution in [0.4, 0.5) is 0 Å². The summed E-state index contributed by atoms with van der Waals surface area (Å²) < 4.78 is 5.55. The molecule has 4 N–H and O–H groups in total. The number of hydrogen-bond donors (Lipinski definition) is 4. The minimum Gasteiger partial charge on any atom is -0.504 e. The highest BCUT2D eigenvalue weighted by atomic mass is 16.4. The largest absolute Gasteiger partial charge is 0.504 e. The highest BCUT2D eigenvalue weighted by Gasteiger charge is 2.31. The first-order chi connectivity index (χ1) is 19.5. The molecule has 4 aromatic rings. The van der Waals surface area contributed by atoms with Gasteiger partial charge in [-0.2, -0.15) is 0 Å². The van der Waals surface area contributed by atoms with Gasteiger partial charge >= 0.3 is 5.97 Å². The molecule has 2 aromatic heterocycles. The average Bonchev–Trinajstić information content (AvgIpc) is 3.57. The van der Waals surface area contributed by atoms with Crippen molar-refractivity contribution in [1.82, 2.24) is 4.98 Å². The molecule has 0 amide bonds. The number of aromatic carboxylic acids is 1. The number of carbonyl (C=O) groups excluding carboxylic acids is 1. The molecule has 2 heterocycles. The number of rotatable bonds is 12. The van der Waals surface area contributed by atoms with E-state index in [2.05, 4.69) is 4.98 Å². The number of aromatic nitrogens is 1. The molecule has 1 saturated carbocycles. The molecule has 0 radical (unpaired) electrons. The van der Waals surface area contributed by atoms with Crippen molar-refractivity contribution in [1.29, 1.82) is 0 Å². The van der Waals surface area contributed by atoms with E-state index in [-0.39, 0.29) is 17.9 Å². The first-order valence-corrected chi connectivity index (χ1v) is 14.4. The number of fused-ring (bicyclic) bond motifs is 1. The molecule has 2 aromatic carbocycles. The van der Waals surface area contributed by atoms with Crippen molar-refractivity contribution in [2.24, 2.45) is 0 Å². The van der Waals surface area contributed by atoms with Crippen LogP contribution in [0.15, 0.2) is 53.1 Å². The molecule has 5 rings (SSSR count). The lowest BCUT2D eigenvalue weighted by Gasteiger charge is -2.22. The number of nitrogens with one attached hydrogen (secondary N) is 1. The van der Waals surface area contributed by atoms with E-state index >= 15 is 0 Å². The molecule has 0 unspecified atom stereocenters. The second-order valence-electron chi connectivity index (χ2n) is 10.9. The van der Waals surface area contributed by atoms with Crippen molar-refractivity contribution in [3.05, 3.63) is 76.9 Å². The van der Waals surface area contributed by atoms with Gasteiger partial charge in [0.15, 0.2) is 5.75 Å². The second kappa shape index (κ2) is 12.6. The maximum Gasteiger partial charge on any atom is 0.372 e. The standard InChI is InChI=1S/C33H37NO6/c35-19-8-3-1-2-5-12-24-13-9-14-25-26(20-34-28(24)25)29(36)32-30(37)27(31(40-32)33(38)39)23-17-15-22(16-18-23)21-10-6-4-7-11-21/h9,13-18,20-21,34-35,37H,1-8,10-12,19H2,(H,38,39). The minimum atomic E-state index is -1.35. The number of unbranched alkanes of at least 4 members (excludes halogenated alkanes) is 4. The van der Waals surface area contributed by atoms with Crippen LogP contribution >= 0.6 is 0 Å². The second-order valence-corrected chi connectivity index (χ2v) is 10.9. The summed E-state index contributed by atoms with van der Waals surface area (Å²) in [7, 11) is 0. The molecular weight excluding hydrogens is 506 g/mol. The summed E-state index contributed by atoms with van der Waals surface area (Å²) in [6, 6.07) is 13.3. The highest BCUT2D eigenvalue weighted by molar-refractivity contribution is 6.18. The van der Waals surface area contributed by atoms with Gasteiger partial charge in [-0.25, -0.2) is 4.79 Å². The number of ketones is 1. The third kappa shape index (κ3) is 5.70. The van der Waals surface area contributed by atoms with Gasteiger partial charge in [-0.05, 0) is 54.7 Å². The first-order valence-electron chi connectivity index (χ1n) is 14.4. The van der Waals surface area contributed by atoms with Crippen LogP contribution < -0.4 is 0 Å². The molecule has 1 fully saturated rings. The summed E-state index contributed by atoms with van der Waals surface area (Å²) in [6.45, 7) is 0.228. The fraction of sp³-hybridized carbons (Fsp3) is 0.394. The molecule has 0 bridgehead atoms. The Kier molecular flexibility index (Phi) is 8.70. The van der Waals surface area contributed by atoms with Crippen LogP contribution in [-0.4, -0.2) is 38.7 Å². The van der Waals surface area contributed by atoms with Crippen molar-refractivity contribution >= 4 is 22.7 Å². The lowest BCUT2D eigenvalue weighted by Crippen LogP contribution is -2.04. The van der Waals surface area contributed by atoms with E-state index in [4.69, 9.17) is 9.52 Å². The van der Waals surface area contributed by atoms with Crippen molar-refractivity contribution < 1.29 is 29.3 Å². The number of aromatic amines is 1. The van der Waals surface area contributed by atoms with Crippen LogP contribution in [0.5, 0.6) is 5.75 Å². The normalized spacial score (nSPS) is 14.1. The number of aliphatic hydroxyl groups is 1. The molecule has 7 heteroatoms. The Morgan fingerprint density at radius 3 is 2.35 bits per heavy atom. The monoisotopic (exact) mass is 543 g/mol. The molecule has 7 nitrogen and oxygen atoms in total. The Morgan fingerprint density at radius 1 is 0.900 bits per heavy atom. The lowest BCUT2D eigenvalue weighted by atomic mass is 9.83. The minimum absolute atomic E-state index is 0.0211. The summed E-state index contributed by atoms with van der Waals surface area (Å²) in [6.07, 6.45) is 13.4. The zero-order chi connectivity index (χ0) is 28.1. The number of carbonyl (C=O) groups is 2. The third-order valence-electron chi connectivity index (χ3n) is 8.21. The Balaban J connectivity index is 1.41. The Morgan fingerprint density at radius 2 is 1.62 bits per heavy atom. The van der Waals surface area contributed by atoms with Crippen LogP contribution in [-0.2, 0) is 6.42 Å². The number of carboxylic acid groups (broad SMARTS) is 1. The van der Waals surface area contributed by atoms with Gasteiger partial charge in [0, 0.05) is 23.7 Å². The van der Waals surface area contributed by atoms with E-state index in [9.17, 15) is 19.8 Å². The van der Waals surface area contributed by atoms with E-state index < -0.39 is 23.3 Å². The molecule has 1 aliphatic rings. The average molecular weight is 544 g/mol. The van der Waals surface area contributed by atoms with Gasteiger partial charge < -0.3 is 24.7 Å². The molecule has 0 saturated heterocycles. The van der Waals surface area contributed by atoms with E-state index in [1.54, 1.807) is 18.3 Å². The summed E-state index contributed by atoms with van der Waals surface area (Å²) >= 11 is 0. The van der Waals surface area contributed by atoms with Crippen molar-refractivity contribution in [2.75, 3.05) is 6.61 Å². The van der Waals surface area contributed by atoms with E-state index in [1.807, 2.05) is 30.3 Å². The fourth-order valence-corrected chi connectivity index (χ4v) is 6.05.